The van der Waals surface area contributed by atoms with Gasteiger partial charge in [0.15, 0.2) is 0 Å². The molecule has 0 bridgehead atoms. The molecule has 1 aromatic rings. The van der Waals surface area contributed by atoms with Gasteiger partial charge in [-0.3, -0.25) is 9.00 Å². The topological polar surface area (TPSA) is 46.2 Å². The van der Waals surface area contributed by atoms with E-state index in [0.29, 0.717) is 5.75 Å². The van der Waals surface area contributed by atoms with Crippen LogP contribution in [0.1, 0.15) is 26.3 Å². The van der Waals surface area contributed by atoms with Crippen LogP contribution in [-0.4, -0.2) is 15.4 Å². The summed E-state index contributed by atoms with van der Waals surface area (Å²) in [5.74, 6) is 0.438. The molecule has 1 N–H and O–H groups in total. The Balaban J connectivity index is 2.74. The van der Waals surface area contributed by atoms with Crippen molar-refractivity contribution >= 4 is 22.4 Å². The molecule has 88 valence electrons. The Labute approximate surface area is 98.7 Å². The molecule has 0 aliphatic heterocycles. The molecule has 1 aromatic carbocycles. The molecular formula is C12H17NO2S. The zero-order valence-corrected chi connectivity index (χ0v) is 10.6. The summed E-state index contributed by atoms with van der Waals surface area (Å²) in [6, 6.07) is 7.47. The number of benzene rings is 1. The number of hydrogen-bond acceptors (Lipinski definition) is 2. The normalized spacial score (nSPS) is 12.5. The zero-order chi connectivity index (χ0) is 12.1. The van der Waals surface area contributed by atoms with Crippen LogP contribution >= 0.6 is 0 Å². The minimum atomic E-state index is -0.856. The summed E-state index contributed by atoms with van der Waals surface area (Å²) in [5, 5.41) is 2.87. The van der Waals surface area contributed by atoms with Crippen LogP contribution in [-0.2, 0) is 21.3 Å². The van der Waals surface area contributed by atoms with Gasteiger partial charge in [-0.2, -0.15) is 0 Å². The van der Waals surface area contributed by atoms with E-state index in [2.05, 4.69) is 5.32 Å². The van der Waals surface area contributed by atoms with Crippen LogP contribution in [0, 0.1) is 0 Å². The molecule has 0 saturated heterocycles. The summed E-state index contributed by atoms with van der Waals surface area (Å²) in [7, 11) is -0.856. The number of nitrogens with one attached hydrogen (secondary N) is 1. The van der Waals surface area contributed by atoms with Crippen molar-refractivity contribution in [1.82, 2.24) is 0 Å². The largest absolute Gasteiger partial charge is 0.326 e. The Morgan fingerprint density at radius 2 is 2.12 bits per heavy atom. The van der Waals surface area contributed by atoms with Crippen molar-refractivity contribution < 1.29 is 9.00 Å². The van der Waals surface area contributed by atoms with E-state index in [0.717, 1.165) is 11.3 Å². The number of rotatable bonds is 4. The van der Waals surface area contributed by atoms with Gasteiger partial charge < -0.3 is 5.32 Å². The maximum atomic E-state index is 11.7. The fourth-order valence-electron chi connectivity index (χ4n) is 1.27. The monoisotopic (exact) mass is 239 g/mol. The molecule has 16 heavy (non-hydrogen) atoms. The number of anilines is 1. The Bertz CT molecular complexity index is 402. The Hall–Kier alpha value is -1.16. The minimum absolute atomic E-state index is 0.0952. The molecular weight excluding hydrogens is 222 g/mol. The summed E-state index contributed by atoms with van der Waals surface area (Å²) < 4.78 is 11.7. The Morgan fingerprint density at radius 3 is 2.69 bits per heavy atom. The van der Waals surface area contributed by atoms with Crippen LogP contribution < -0.4 is 5.32 Å². The van der Waals surface area contributed by atoms with E-state index in [4.69, 9.17) is 0 Å². The SMILES string of the molecule is CC(=O)Nc1cccc(CS(=O)C(C)C)c1. The van der Waals surface area contributed by atoms with Gasteiger partial charge in [0.1, 0.15) is 0 Å². The Morgan fingerprint density at radius 1 is 1.44 bits per heavy atom. The van der Waals surface area contributed by atoms with Crippen LogP contribution in [0.25, 0.3) is 0 Å². The maximum Gasteiger partial charge on any atom is 0.221 e. The summed E-state index contributed by atoms with van der Waals surface area (Å²) in [6.45, 7) is 5.35. The smallest absolute Gasteiger partial charge is 0.221 e. The van der Waals surface area contributed by atoms with Crippen LogP contribution in [0.2, 0.25) is 0 Å². The second-order valence-corrected chi connectivity index (χ2v) is 5.95. The molecule has 1 atom stereocenters. The fraction of sp³-hybridized carbons (Fsp3) is 0.417. The molecule has 0 aliphatic rings. The average Bonchev–Trinajstić information content (AvgIpc) is 2.16. The fourth-order valence-corrected chi connectivity index (χ4v) is 2.11. The minimum Gasteiger partial charge on any atom is -0.326 e. The highest BCUT2D eigenvalue weighted by atomic mass is 32.2. The van der Waals surface area contributed by atoms with Crippen molar-refractivity contribution in [3.63, 3.8) is 0 Å². The highest BCUT2D eigenvalue weighted by Gasteiger charge is 2.06. The number of carbonyl (C=O) groups is 1. The second-order valence-electron chi connectivity index (χ2n) is 3.96. The van der Waals surface area contributed by atoms with Crippen molar-refractivity contribution in [2.45, 2.75) is 31.8 Å². The van der Waals surface area contributed by atoms with Gasteiger partial charge in [0.2, 0.25) is 5.91 Å². The molecule has 3 nitrogen and oxygen atoms in total. The van der Waals surface area contributed by atoms with Crippen molar-refractivity contribution in [1.29, 1.82) is 0 Å². The van der Waals surface area contributed by atoms with Crippen molar-refractivity contribution in [2.24, 2.45) is 0 Å². The van der Waals surface area contributed by atoms with E-state index >= 15 is 0 Å². The van der Waals surface area contributed by atoms with Crippen LogP contribution in [0.4, 0.5) is 5.69 Å². The van der Waals surface area contributed by atoms with Gasteiger partial charge in [-0.05, 0) is 17.7 Å². The maximum absolute atomic E-state index is 11.7. The molecule has 1 amide bonds. The van der Waals surface area contributed by atoms with Crippen molar-refractivity contribution in [3.05, 3.63) is 29.8 Å². The summed E-state index contributed by atoms with van der Waals surface area (Å²) >= 11 is 0. The van der Waals surface area contributed by atoms with Crippen molar-refractivity contribution in [3.8, 4) is 0 Å². The molecule has 0 spiro atoms. The lowest BCUT2D eigenvalue weighted by molar-refractivity contribution is -0.114. The van der Waals surface area contributed by atoms with E-state index in [1.165, 1.54) is 6.92 Å². The lowest BCUT2D eigenvalue weighted by atomic mass is 10.2. The van der Waals surface area contributed by atoms with E-state index in [9.17, 15) is 9.00 Å². The predicted molar refractivity (Wildman–Crippen MR) is 67.7 cm³/mol. The molecule has 0 fully saturated rings. The standard InChI is InChI=1S/C12H17NO2S/c1-9(2)16(15)8-11-5-4-6-12(7-11)13-10(3)14/h4-7,9H,8H2,1-3H3,(H,13,14). The molecule has 1 unspecified atom stereocenters. The van der Waals surface area contributed by atoms with Gasteiger partial charge in [0, 0.05) is 34.4 Å². The lowest BCUT2D eigenvalue weighted by Gasteiger charge is -2.07. The number of amides is 1. The average molecular weight is 239 g/mol. The van der Waals surface area contributed by atoms with Crippen LogP contribution in [0.5, 0.6) is 0 Å². The summed E-state index contributed by atoms with van der Waals surface area (Å²) in [4.78, 5) is 10.9. The molecule has 0 saturated carbocycles. The third-order valence-corrected chi connectivity index (χ3v) is 3.75. The third-order valence-electron chi connectivity index (χ3n) is 2.08. The van der Waals surface area contributed by atoms with E-state index in [-0.39, 0.29) is 11.2 Å². The highest BCUT2D eigenvalue weighted by molar-refractivity contribution is 7.84. The number of hydrogen-bond donors (Lipinski definition) is 1. The highest BCUT2D eigenvalue weighted by Crippen LogP contribution is 2.13. The summed E-state index contributed by atoms with van der Waals surface area (Å²) in [6.07, 6.45) is 0. The van der Waals surface area contributed by atoms with Crippen LogP contribution in [0.15, 0.2) is 24.3 Å². The number of carbonyl (C=O) groups excluding carboxylic acids is 1. The van der Waals surface area contributed by atoms with Gasteiger partial charge in [-0.1, -0.05) is 26.0 Å². The first-order valence-electron chi connectivity index (χ1n) is 5.22. The second kappa shape index (κ2) is 5.80. The van der Waals surface area contributed by atoms with Gasteiger partial charge >= 0.3 is 0 Å². The van der Waals surface area contributed by atoms with Crippen LogP contribution in [0.3, 0.4) is 0 Å². The third kappa shape index (κ3) is 4.14. The summed E-state index contributed by atoms with van der Waals surface area (Å²) in [5.41, 5.74) is 1.74. The first-order valence-corrected chi connectivity index (χ1v) is 6.61. The van der Waals surface area contributed by atoms with E-state index in [1.54, 1.807) is 0 Å². The lowest BCUT2D eigenvalue weighted by Crippen LogP contribution is -2.09. The van der Waals surface area contributed by atoms with Gasteiger partial charge in [-0.15, -0.1) is 0 Å². The van der Waals surface area contributed by atoms with Gasteiger partial charge in [-0.25, -0.2) is 0 Å². The quantitative estimate of drug-likeness (QED) is 0.876. The zero-order valence-electron chi connectivity index (χ0n) is 9.82. The van der Waals surface area contributed by atoms with E-state index < -0.39 is 10.8 Å². The molecule has 0 aromatic heterocycles. The van der Waals surface area contributed by atoms with Gasteiger partial charge in [0.05, 0.1) is 0 Å². The molecule has 0 heterocycles. The first-order chi connectivity index (χ1) is 7.49. The molecule has 4 heteroatoms. The van der Waals surface area contributed by atoms with Gasteiger partial charge in [0.25, 0.3) is 0 Å². The Kier molecular flexibility index (Phi) is 4.68. The molecule has 1 rings (SSSR count). The van der Waals surface area contributed by atoms with E-state index in [1.807, 2.05) is 38.1 Å². The molecule has 0 radical (unpaired) electrons. The first kappa shape index (κ1) is 12.9. The molecule has 0 aliphatic carbocycles. The predicted octanol–water partition coefficient (Wildman–Crippen LogP) is 2.30. The van der Waals surface area contributed by atoms with Crippen molar-refractivity contribution in [2.75, 3.05) is 5.32 Å².